The van der Waals surface area contributed by atoms with Crippen LogP contribution in [0.15, 0.2) is 29.4 Å². The van der Waals surface area contributed by atoms with Gasteiger partial charge in [0.2, 0.25) is 0 Å². The van der Waals surface area contributed by atoms with E-state index in [9.17, 15) is 8.42 Å². The SMILES string of the molecule is CNCc1cn[nH]c1S(=O)(=O)Nc1ccc(C)c(C)c1. The standard InChI is InChI=1S/C13H18N4O2S/c1-9-4-5-12(6-10(9)2)17-20(18,19)13-11(7-14-3)8-15-16-13/h4-6,8,14,17H,7H2,1-3H3,(H,15,16). The van der Waals surface area contributed by atoms with Crippen LogP contribution in [0.3, 0.4) is 0 Å². The molecule has 108 valence electrons. The topological polar surface area (TPSA) is 86.9 Å². The number of benzene rings is 1. The number of nitrogens with zero attached hydrogens (tertiary/aromatic N) is 1. The average molecular weight is 294 g/mol. The van der Waals surface area contributed by atoms with Crippen LogP contribution in [0.2, 0.25) is 0 Å². The molecule has 1 aromatic carbocycles. The monoisotopic (exact) mass is 294 g/mol. The van der Waals surface area contributed by atoms with E-state index in [1.807, 2.05) is 19.9 Å². The number of sulfonamides is 1. The molecule has 1 aromatic heterocycles. The first kappa shape index (κ1) is 14.5. The first-order valence-corrected chi connectivity index (χ1v) is 7.69. The number of hydrogen-bond acceptors (Lipinski definition) is 4. The lowest BCUT2D eigenvalue weighted by molar-refractivity contribution is 0.595. The highest BCUT2D eigenvalue weighted by atomic mass is 32.2. The molecule has 0 radical (unpaired) electrons. The van der Waals surface area contributed by atoms with E-state index in [2.05, 4.69) is 20.2 Å². The summed E-state index contributed by atoms with van der Waals surface area (Å²) in [5, 5.41) is 9.33. The van der Waals surface area contributed by atoms with Gasteiger partial charge in [0.25, 0.3) is 10.0 Å². The molecule has 1 heterocycles. The number of anilines is 1. The number of rotatable bonds is 5. The number of hydrogen-bond donors (Lipinski definition) is 3. The molecule has 0 spiro atoms. The molecule has 0 aliphatic rings. The fourth-order valence-electron chi connectivity index (χ4n) is 1.86. The van der Waals surface area contributed by atoms with Crippen molar-refractivity contribution in [3.8, 4) is 0 Å². The van der Waals surface area contributed by atoms with Crippen molar-refractivity contribution in [1.82, 2.24) is 15.5 Å². The molecule has 3 N–H and O–H groups in total. The lowest BCUT2D eigenvalue weighted by Crippen LogP contribution is -2.17. The fraction of sp³-hybridized carbons (Fsp3) is 0.308. The lowest BCUT2D eigenvalue weighted by Gasteiger charge is -2.10. The third-order valence-corrected chi connectivity index (χ3v) is 4.47. The van der Waals surface area contributed by atoms with Crippen LogP contribution in [0.4, 0.5) is 5.69 Å². The minimum atomic E-state index is -3.66. The first-order valence-electron chi connectivity index (χ1n) is 6.21. The van der Waals surface area contributed by atoms with Gasteiger partial charge in [-0.05, 0) is 44.2 Å². The maximum absolute atomic E-state index is 12.3. The molecule has 0 bridgehead atoms. The summed E-state index contributed by atoms with van der Waals surface area (Å²) in [6, 6.07) is 5.43. The summed E-state index contributed by atoms with van der Waals surface area (Å²) >= 11 is 0. The summed E-state index contributed by atoms with van der Waals surface area (Å²) in [7, 11) is -1.91. The van der Waals surface area contributed by atoms with E-state index in [-0.39, 0.29) is 5.03 Å². The highest BCUT2D eigenvalue weighted by molar-refractivity contribution is 7.92. The summed E-state index contributed by atoms with van der Waals surface area (Å²) < 4.78 is 27.2. The van der Waals surface area contributed by atoms with Crippen molar-refractivity contribution in [2.24, 2.45) is 0 Å². The minimum absolute atomic E-state index is 0.0880. The van der Waals surface area contributed by atoms with Gasteiger partial charge in [-0.2, -0.15) is 13.5 Å². The van der Waals surface area contributed by atoms with Crippen LogP contribution in [0, 0.1) is 13.8 Å². The Hall–Kier alpha value is -1.86. The maximum atomic E-state index is 12.3. The Morgan fingerprint density at radius 3 is 2.65 bits per heavy atom. The molecule has 0 saturated carbocycles. The van der Waals surface area contributed by atoms with Crippen molar-refractivity contribution >= 4 is 15.7 Å². The summed E-state index contributed by atoms with van der Waals surface area (Å²) in [6.45, 7) is 4.35. The number of aromatic amines is 1. The zero-order chi connectivity index (χ0) is 14.8. The predicted octanol–water partition coefficient (Wildman–Crippen LogP) is 1.55. The van der Waals surface area contributed by atoms with Gasteiger partial charge in [-0.15, -0.1) is 0 Å². The van der Waals surface area contributed by atoms with Crippen molar-refractivity contribution in [1.29, 1.82) is 0 Å². The summed E-state index contributed by atoms with van der Waals surface area (Å²) in [5.41, 5.74) is 3.29. The Bertz CT molecular complexity index is 707. The van der Waals surface area contributed by atoms with Crippen molar-refractivity contribution < 1.29 is 8.42 Å². The molecule has 0 saturated heterocycles. The molecule has 0 fully saturated rings. The summed E-state index contributed by atoms with van der Waals surface area (Å²) in [5.74, 6) is 0. The molecule has 0 amide bonds. The molecule has 0 atom stereocenters. The molecule has 7 heteroatoms. The van der Waals surface area contributed by atoms with Gasteiger partial charge in [0, 0.05) is 17.8 Å². The van der Waals surface area contributed by atoms with Gasteiger partial charge in [0.1, 0.15) is 0 Å². The van der Waals surface area contributed by atoms with Gasteiger partial charge in [-0.25, -0.2) is 0 Å². The fourth-order valence-corrected chi connectivity index (χ4v) is 3.04. The van der Waals surface area contributed by atoms with Crippen LogP contribution >= 0.6 is 0 Å². The van der Waals surface area contributed by atoms with Gasteiger partial charge in [0.15, 0.2) is 5.03 Å². The van der Waals surface area contributed by atoms with Gasteiger partial charge < -0.3 is 5.32 Å². The Morgan fingerprint density at radius 2 is 2.00 bits per heavy atom. The normalized spacial score (nSPS) is 11.6. The van der Waals surface area contributed by atoms with E-state index in [1.165, 1.54) is 6.20 Å². The van der Waals surface area contributed by atoms with E-state index in [4.69, 9.17) is 0 Å². The molecule has 20 heavy (non-hydrogen) atoms. The number of H-pyrrole nitrogens is 1. The highest BCUT2D eigenvalue weighted by Crippen LogP contribution is 2.19. The van der Waals surface area contributed by atoms with Crippen molar-refractivity contribution in [2.75, 3.05) is 11.8 Å². The Labute approximate surface area is 118 Å². The summed E-state index contributed by atoms with van der Waals surface area (Å²) in [4.78, 5) is 0. The van der Waals surface area contributed by atoms with Crippen LogP contribution in [0.25, 0.3) is 0 Å². The van der Waals surface area contributed by atoms with E-state index in [0.29, 0.717) is 17.8 Å². The lowest BCUT2D eigenvalue weighted by atomic mass is 10.1. The molecule has 2 aromatic rings. The van der Waals surface area contributed by atoms with Crippen LogP contribution in [0.1, 0.15) is 16.7 Å². The average Bonchev–Trinajstić information content (AvgIpc) is 2.83. The van der Waals surface area contributed by atoms with Crippen molar-refractivity contribution in [2.45, 2.75) is 25.4 Å². The smallest absolute Gasteiger partial charge is 0.279 e. The van der Waals surface area contributed by atoms with Gasteiger partial charge in [-0.1, -0.05) is 6.07 Å². The van der Waals surface area contributed by atoms with E-state index in [1.54, 1.807) is 19.2 Å². The van der Waals surface area contributed by atoms with E-state index < -0.39 is 10.0 Å². The Kier molecular flexibility index (Phi) is 4.10. The second-order valence-electron chi connectivity index (χ2n) is 4.66. The molecule has 0 unspecified atom stereocenters. The van der Waals surface area contributed by atoms with Crippen molar-refractivity contribution in [3.05, 3.63) is 41.1 Å². The zero-order valence-electron chi connectivity index (χ0n) is 11.7. The minimum Gasteiger partial charge on any atom is -0.316 e. The first-order chi connectivity index (χ1) is 9.44. The quantitative estimate of drug-likeness (QED) is 0.781. The van der Waals surface area contributed by atoms with Crippen LogP contribution in [-0.2, 0) is 16.6 Å². The molecular weight excluding hydrogens is 276 g/mol. The summed E-state index contributed by atoms with van der Waals surface area (Å²) in [6.07, 6.45) is 1.51. The van der Waals surface area contributed by atoms with E-state index >= 15 is 0 Å². The van der Waals surface area contributed by atoms with Gasteiger partial charge in [0.05, 0.1) is 6.20 Å². The second-order valence-corrected chi connectivity index (χ2v) is 6.28. The number of nitrogens with one attached hydrogen (secondary N) is 3. The predicted molar refractivity (Wildman–Crippen MR) is 78.1 cm³/mol. The third kappa shape index (κ3) is 3.00. The zero-order valence-corrected chi connectivity index (χ0v) is 12.5. The molecule has 0 aliphatic heterocycles. The molecule has 2 rings (SSSR count). The van der Waals surface area contributed by atoms with Crippen LogP contribution in [0.5, 0.6) is 0 Å². The Balaban J connectivity index is 2.30. The second kappa shape index (κ2) is 5.64. The van der Waals surface area contributed by atoms with Gasteiger partial charge >= 0.3 is 0 Å². The van der Waals surface area contributed by atoms with Crippen molar-refractivity contribution in [3.63, 3.8) is 0 Å². The van der Waals surface area contributed by atoms with E-state index in [0.717, 1.165) is 11.1 Å². The largest absolute Gasteiger partial charge is 0.316 e. The van der Waals surface area contributed by atoms with Crippen LogP contribution < -0.4 is 10.0 Å². The van der Waals surface area contributed by atoms with Crippen LogP contribution in [-0.4, -0.2) is 25.7 Å². The Morgan fingerprint density at radius 1 is 1.25 bits per heavy atom. The molecular formula is C13H18N4O2S. The third-order valence-electron chi connectivity index (χ3n) is 3.07. The maximum Gasteiger partial charge on any atom is 0.279 e. The number of aryl methyl sites for hydroxylation is 2. The number of aromatic nitrogens is 2. The molecule has 6 nitrogen and oxygen atoms in total. The highest BCUT2D eigenvalue weighted by Gasteiger charge is 2.20. The van der Waals surface area contributed by atoms with Gasteiger partial charge in [-0.3, -0.25) is 9.82 Å². The molecule has 0 aliphatic carbocycles.